The largest absolute Gasteiger partial charge is 0.495 e. The molecule has 132 valence electrons. The SMILES string of the molecule is COc1ccc(OC)c2sc(NC(=O)c3sc4ccccc4c3Cl)nc12. The molecule has 0 atom stereocenters. The lowest BCUT2D eigenvalue weighted by molar-refractivity contribution is 0.103. The molecule has 4 rings (SSSR count). The number of hydrogen-bond acceptors (Lipinski definition) is 6. The fraction of sp³-hybridized carbons (Fsp3) is 0.111. The summed E-state index contributed by atoms with van der Waals surface area (Å²) in [6, 6.07) is 11.3. The van der Waals surface area contributed by atoms with E-state index in [2.05, 4.69) is 10.3 Å². The van der Waals surface area contributed by atoms with Gasteiger partial charge in [0.2, 0.25) is 0 Å². The molecule has 2 heterocycles. The van der Waals surface area contributed by atoms with Gasteiger partial charge in [-0.05, 0) is 18.2 Å². The van der Waals surface area contributed by atoms with Crippen molar-refractivity contribution >= 4 is 65.6 Å². The van der Waals surface area contributed by atoms with Crippen LogP contribution in [0.5, 0.6) is 11.5 Å². The molecule has 4 aromatic rings. The average Bonchev–Trinajstić information content (AvgIpc) is 3.22. The maximum atomic E-state index is 12.7. The molecule has 8 heteroatoms. The van der Waals surface area contributed by atoms with E-state index in [1.165, 1.54) is 22.7 Å². The molecule has 0 unspecified atom stereocenters. The Morgan fingerprint density at radius 1 is 1.08 bits per heavy atom. The summed E-state index contributed by atoms with van der Waals surface area (Å²) in [5, 5.41) is 4.62. The lowest BCUT2D eigenvalue weighted by atomic mass is 10.2. The van der Waals surface area contributed by atoms with Gasteiger partial charge in [0.15, 0.2) is 5.13 Å². The van der Waals surface area contributed by atoms with E-state index in [1.54, 1.807) is 20.3 Å². The first-order valence-electron chi connectivity index (χ1n) is 7.62. The van der Waals surface area contributed by atoms with Crippen LogP contribution in [0.1, 0.15) is 9.67 Å². The van der Waals surface area contributed by atoms with Crippen LogP contribution < -0.4 is 14.8 Å². The number of thiazole rings is 1. The van der Waals surface area contributed by atoms with Crippen molar-refractivity contribution in [1.29, 1.82) is 0 Å². The normalized spacial score (nSPS) is 11.0. The zero-order chi connectivity index (χ0) is 18.3. The summed E-state index contributed by atoms with van der Waals surface area (Å²) in [6.45, 7) is 0. The van der Waals surface area contributed by atoms with Gasteiger partial charge in [-0.3, -0.25) is 10.1 Å². The number of fused-ring (bicyclic) bond motifs is 2. The first-order chi connectivity index (χ1) is 12.6. The van der Waals surface area contributed by atoms with Crippen LogP contribution in [0, 0.1) is 0 Å². The van der Waals surface area contributed by atoms with Crippen molar-refractivity contribution in [3.05, 3.63) is 46.3 Å². The summed E-state index contributed by atoms with van der Waals surface area (Å²) in [7, 11) is 3.17. The van der Waals surface area contributed by atoms with Crippen molar-refractivity contribution in [2.75, 3.05) is 19.5 Å². The Hall–Kier alpha value is -2.35. The van der Waals surface area contributed by atoms with Crippen molar-refractivity contribution in [1.82, 2.24) is 4.98 Å². The summed E-state index contributed by atoms with van der Waals surface area (Å²) >= 11 is 9.07. The number of benzene rings is 2. The highest BCUT2D eigenvalue weighted by Crippen LogP contribution is 2.40. The Morgan fingerprint density at radius 2 is 1.81 bits per heavy atom. The molecule has 0 spiro atoms. The fourth-order valence-corrected chi connectivity index (χ4v) is 5.03. The Morgan fingerprint density at radius 3 is 2.54 bits per heavy atom. The minimum absolute atomic E-state index is 0.284. The number of ether oxygens (including phenoxy) is 2. The van der Waals surface area contributed by atoms with Crippen molar-refractivity contribution in [2.45, 2.75) is 0 Å². The lowest BCUT2D eigenvalue weighted by Crippen LogP contribution is -2.10. The van der Waals surface area contributed by atoms with E-state index in [-0.39, 0.29) is 5.91 Å². The maximum Gasteiger partial charge on any atom is 0.269 e. The smallest absolute Gasteiger partial charge is 0.269 e. The van der Waals surface area contributed by atoms with Crippen molar-refractivity contribution in [3.63, 3.8) is 0 Å². The van der Waals surface area contributed by atoms with Gasteiger partial charge in [-0.15, -0.1) is 11.3 Å². The fourth-order valence-electron chi connectivity index (χ4n) is 2.65. The highest BCUT2D eigenvalue weighted by atomic mass is 35.5. The molecule has 0 aliphatic carbocycles. The van der Waals surface area contributed by atoms with E-state index in [9.17, 15) is 4.79 Å². The Kier molecular flexibility index (Phi) is 4.44. The summed E-state index contributed by atoms with van der Waals surface area (Å²) in [6.07, 6.45) is 0. The second-order valence-electron chi connectivity index (χ2n) is 5.36. The number of anilines is 1. The van der Waals surface area contributed by atoms with Crippen LogP contribution in [0.2, 0.25) is 5.02 Å². The number of halogens is 1. The minimum atomic E-state index is -0.284. The topological polar surface area (TPSA) is 60.5 Å². The monoisotopic (exact) mass is 404 g/mol. The summed E-state index contributed by atoms with van der Waals surface area (Å²) in [4.78, 5) is 17.7. The molecule has 26 heavy (non-hydrogen) atoms. The molecular weight excluding hydrogens is 392 g/mol. The first kappa shape index (κ1) is 17.1. The molecular formula is C18H13ClN2O3S2. The van der Waals surface area contributed by atoms with Crippen LogP contribution in [0.4, 0.5) is 5.13 Å². The van der Waals surface area contributed by atoms with Crippen LogP contribution in [-0.4, -0.2) is 25.1 Å². The first-order valence-corrected chi connectivity index (χ1v) is 9.63. The van der Waals surface area contributed by atoms with Gasteiger partial charge < -0.3 is 9.47 Å². The van der Waals surface area contributed by atoms with Crippen LogP contribution in [0.15, 0.2) is 36.4 Å². The van der Waals surface area contributed by atoms with E-state index in [4.69, 9.17) is 21.1 Å². The number of methoxy groups -OCH3 is 2. The molecule has 2 aromatic carbocycles. The van der Waals surface area contributed by atoms with Crippen LogP contribution in [0.3, 0.4) is 0 Å². The second-order valence-corrected chi connectivity index (χ2v) is 7.79. The third kappa shape index (κ3) is 2.78. The number of hydrogen-bond donors (Lipinski definition) is 1. The number of rotatable bonds is 4. The minimum Gasteiger partial charge on any atom is -0.495 e. The molecule has 0 saturated carbocycles. The summed E-state index contributed by atoms with van der Waals surface area (Å²) in [5.41, 5.74) is 0.648. The van der Waals surface area contributed by atoms with Crippen LogP contribution >= 0.6 is 34.3 Å². The van der Waals surface area contributed by atoms with Gasteiger partial charge in [0.25, 0.3) is 5.91 Å². The average molecular weight is 405 g/mol. The van der Waals surface area contributed by atoms with Gasteiger partial charge in [0.1, 0.15) is 26.6 Å². The molecule has 1 amide bonds. The highest BCUT2D eigenvalue weighted by Gasteiger charge is 2.20. The van der Waals surface area contributed by atoms with Gasteiger partial charge in [-0.1, -0.05) is 41.1 Å². The molecule has 0 radical (unpaired) electrons. The number of aromatic nitrogens is 1. The molecule has 0 aliphatic heterocycles. The standard InChI is InChI=1S/C18H13ClN2O3S2/c1-23-10-7-8-11(24-2)15-14(10)20-18(26-15)21-17(22)16-13(19)9-5-3-4-6-12(9)25-16/h3-8H,1-2H3,(H,20,21,22). The molecule has 0 bridgehead atoms. The Labute approximate surface area is 162 Å². The quantitative estimate of drug-likeness (QED) is 0.492. The van der Waals surface area contributed by atoms with Gasteiger partial charge in [-0.2, -0.15) is 0 Å². The van der Waals surface area contributed by atoms with Crippen LogP contribution in [0.25, 0.3) is 20.3 Å². The van der Waals surface area contributed by atoms with Crippen molar-refractivity contribution in [3.8, 4) is 11.5 Å². The third-order valence-electron chi connectivity index (χ3n) is 3.87. The zero-order valence-corrected chi connectivity index (χ0v) is 16.2. The number of nitrogens with one attached hydrogen (secondary N) is 1. The number of carbonyl (C=O) groups is 1. The lowest BCUT2D eigenvalue weighted by Gasteiger charge is -2.03. The van der Waals surface area contributed by atoms with Gasteiger partial charge in [0.05, 0.1) is 19.2 Å². The molecule has 5 nitrogen and oxygen atoms in total. The molecule has 1 N–H and O–H groups in total. The van der Waals surface area contributed by atoms with E-state index in [1.807, 2.05) is 30.3 Å². The summed E-state index contributed by atoms with van der Waals surface area (Å²) in [5.74, 6) is 1.02. The zero-order valence-electron chi connectivity index (χ0n) is 13.8. The van der Waals surface area contributed by atoms with Gasteiger partial charge >= 0.3 is 0 Å². The number of amides is 1. The number of carbonyl (C=O) groups excluding carboxylic acids is 1. The van der Waals surface area contributed by atoms with Gasteiger partial charge in [-0.25, -0.2) is 4.98 Å². The molecule has 0 fully saturated rings. The van der Waals surface area contributed by atoms with E-state index < -0.39 is 0 Å². The van der Waals surface area contributed by atoms with E-state index >= 15 is 0 Å². The maximum absolute atomic E-state index is 12.7. The van der Waals surface area contributed by atoms with Gasteiger partial charge in [0, 0.05) is 10.1 Å². The van der Waals surface area contributed by atoms with Crippen molar-refractivity contribution in [2.24, 2.45) is 0 Å². The Balaban J connectivity index is 1.72. The number of nitrogens with zero attached hydrogens (tertiary/aromatic N) is 1. The highest BCUT2D eigenvalue weighted by molar-refractivity contribution is 7.23. The second kappa shape index (κ2) is 6.75. The molecule has 2 aromatic heterocycles. The van der Waals surface area contributed by atoms with E-state index in [0.29, 0.717) is 32.0 Å². The van der Waals surface area contributed by atoms with Crippen molar-refractivity contribution < 1.29 is 14.3 Å². The predicted molar refractivity (Wildman–Crippen MR) is 108 cm³/mol. The number of thiophene rings is 1. The predicted octanol–water partition coefficient (Wildman–Crippen LogP) is 5.43. The third-order valence-corrected chi connectivity index (χ3v) is 6.53. The van der Waals surface area contributed by atoms with Crippen LogP contribution in [-0.2, 0) is 0 Å². The Bertz CT molecular complexity index is 1100. The summed E-state index contributed by atoms with van der Waals surface area (Å²) < 4.78 is 12.5. The van der Waals surface area contributed by atoms with E-state index in [0.717, 1.165) is 14.8 Å². The molecule has 0 saturated heterocycles. The molecule has 0 aliphatic rings.